The first-order chi connectivity index (χ1) is 8.15. The van der Waals surface area contributed by atoms with Crippen LogP contribution in [0.4, 0.5) is 11.5 Å². The molecule has 0 aliphatic carbocycles. The second-order valence-electron chi connectivity index (χ2n) is 3.92. The van der Waals surface area contributed by atoms with Gasteiger partial charge in [0.1, 0.15) is 11.6 Å². The molecule has 1 unspecified atom stereocenters. The Labute approximate surface area is 105 Å². The Hall–Kier alpha value is -1.68. The third-order valence-corrected chi connectivity index (χ3v) is 2.56. The highest BCUT2D eigenvalue weighted by Crippen LogP contribution is 2.20. The molecule has 2 aromatic rings. The molecule has 4 nitrogen and oxygen atoms in total. The standard InChI is InChI=1S/C12H14ClN3O/c1-8(5-10-3-2-4-17-10)16-12-11(14)6-9(13)7-15-12/h2-4,6-8H,5,14H2,1H3,(H,15,16). The van der Waals surface area contributed by atoms with Crippen molar-refractivity contribution in [2.24, 2.45) is 0 Å². The fourth-order valence-corrected chi connectivity index (χ4v) is 1.76. The maximum absolute atomic E-state index is 5.81. The summed E-state index contributed by atoms with van der Waals surface area (Å²) in [5.41, 5.74) is 6.36. The minimum Gasteiger partial charge on any atom is -0.469 e. The zero-order chi connectivity index (χ0) is 12.3. The van der Waals surface area contributed by atoms with Crippen molar-refractivity contribution in [1.82, 2.24) is 4.98 Å². The molecule has 3 N–H and O–H groups in total. The predicted molar refractivity (Wildman–Crippen MR) is 69.2 cm³/mol. The maximum Gasteiger partial charge on any atom is 0.149 e. The van der Waals surface area contributed by atoms with E-state index in [0.29, 0.717) is 16.5 Å². The number of rotatable bonds is 4. The largest absolute Gasteiger partial charge is 0.469 e. The molecular weight excluding hydrogens is 238 g/mol. The van der Waals surface area contributed by atoms with Crippen LogP contribution in [0.2, 0.25) is 5.02 Å². The molecule has 1 atom stereocenters. The number of halogens is 1. The van der Waals surface area contributed by atoms with Crippen molar-refractivity contribution in [2.45, 2.75) is 19.4 Å². The molecule has 5 heteroatoms. The van der Waals surface area contributed by atoms with E-state index in [1.54, 1.807) is 18.5 Å². The molecule has 0 bridgehead atoms. The van der Waals surface area contributed by atoms with Gasteiger partial charge in [-0.15, -0.1) is 0 Å². The van der Waals surface area contributed by atoms with Gasteiger partial charge in [0.15, 0.2) is 0 Å². The SMILES string of the molecule is CC(Cc1ccco1)Nc1ncc(Cl)cc1N. The summed E-state index contributed by atoms with van der Waals surface area (Å²) in [7, 11) is 0. The summed E-state index contributed by atoms with van der Waals surface area (Å²) < 4.78 is 5.28. The quantitative estimate of drug-likeness (QED) is 0.877. The van der Waals surface area contributed by atoms with Gasteiger partial charge < -0.3 is 15.5 Å². The Kier molecular flexibility index (Phi) is 3.54. The molecule has 0 saturated heterocycles. The van der Waals surface area contributed by atoms with E-state index in [1.807, 2.05) is 19.1 Å². The summed E-state index contributed by atoms with van der Waals surface area (Å²) in [6.45, 7) is 2.04. The van der Waals surface area contributed by atoms with Crippen LogP contribution in [-0.4, -0.2) is 11.0 Å². The van der Waals surface area contributed by atoms with E-state index in [2.05, 4.69) is 10.3 Å². The Morgan fingerprint density at radius 1 is 1.59 bits per heavy atom. The summed E-state index contributed by atoms with van der Waals surface area (Å²) in [5.74, 6) is 1.57. The zero-order valence-electron chi connectivity index (χ0n) is 9.48. The Bertz CT molecular complexity index is 485. The first-order valence-electron chi connectivity index (χ1n) is 5.35. The average molecular weight is 252 g/mol. The second kappa shape index (κ2) is 5.10. The number of hydrogen-bond acceptors (Lipinski definition) is 4. The van der Waals surface area contributed by atoms with Gasteiger partial charge in [0.05, 0.1) is 17.0 Å². The van der Waals surface area contributed by atoms with Gasteiger partial charge in [-0.3, -0.25) is 0 Å². The molecule has 0 aliphatic heterocycles. The first kappa shape index (κ1) is 11.8. The lowest BCUT2D eigenvalue weighted by Gasteiger charge is -2.14. The third kappa shape index (κ3) is 3.14. The molecule has 17 heavy (non-hydrogen) atoms. The topological polar surface area (TPSA) is 64.1 Å². The van der Waals surface area contributed by atoms with Crippen molar-refractivity contribution < 1.29 is 4.42 Å². The van der Waals surface area contributed by atoms with E-state index >= 15 is 0 Å². The summed E-state index contributed by atoms with van der Waals surface area (Å²) in [6.07, 6.45) is 4.01. The first-order valence-corrected chi connectivity index (χ1v) is 5.73. The van der Waals surface area contributed by atoms with Gasteiger partial charge in [-0.05, 0) is 25.1 Å². The number of nitrogens with zero attached hydrogens (tertiary/aromatic N) is 1. The highest BCUT2D eigenvalue weighted by atomic mass is 35.5. The average Bonchev–Trinajstić information content (AvgIpc) is 2.75. The lowest BCUT2D eigenvalue weighted by Crippen LogP contribution is -2.19. The Balaban J connectivity index is 2.00. The number of nitrogen functional groups attached to an aromatic ring is 1. The zero-order valence-corrected chi connectivity index (χ0v) is 10.2. The van der Waals surface area contributed by atoms with Crippen molar-refractivity contribution in [1.29, 1.82) is 0 Å². The molecule has 2 aromatic heterocycles. The second-order valence-corrected chi connectivity index (χ2v) is 4.36. The van der Waals surface area contributed by atoms with Gasteiger partial charge in [-0.2, -0.15) is 0 Å². The molecule has 0 saturated carbocycles. The summed E-state index contributed by atoms with van der Waals surface area (Å²) in [4.78, 5) is 4.15. The highest BCUT2D eigenvalue weighted by molar-refractivity contribution is 6.30. The van der Waals surface area contributed by atoms with Crippen LogP contribution >= 0.6 is 11.6 Å². The van der Waals surface area contributed by atoms with Crippen LogP contribution in [0.1, 0.15) is 12.7 Å². The molecular formula is C12H14ClN3O. The fraction of sp³-hybridized carbons (Fsp3) is 0.250. The lowest BCUT2D eigenvalue weighted by atomic mass is 10.2. The van der Waals surface area contributed by atoms with E-state index in [9.17, 15) is 0 Å². The van der Waals surface area contributed by atoms with Crippen molar-refractivity contribution >= 4 is 23.1 Å². The van der Waals surface area contributed by atoms with E-state index < -0.39 is 0 Å². The van der Waals surface area contributed by atoms with Crippen LogP contribution in [0, 0.1) is 0 Å². The third-order valence-electron chi connectivity index (χ3n) is 2.35. The molecule has 0 aromatic carbocycles. The summed E-state index contributed by atoms with van der Waals surface area (Å²) in [6, 6.07) is 5.67. The van der Waals surface area contributed by atoms with Crippen LogP contribution in [0.3, 0.4) is 0 Å². The van der Waals surface area contributed by atoms with Gasteiger partial charge in [-0.1, -0.05) is 11.6 Å². The number of pyridine rings is 1. The van der Waals surface area contributed by atoms with E-state index in [-0.39, 0.29) is 6.04 Å². The number of nitrogens with one attached hydrogen (secondary N) is 1. The van der Waals surface area contributed by atoms with Gasteiger partial charge >= 0.3 is 0 Å². The van der Waals surface area contributed by atoms with E-state index in [4.69, 9.17) is 21.8 Å². The molecule has 2 rings (SSSR count). The number of anilines is 2. The van der Waals surface area contributed by atoms with Gasteiger partial charge in [0.25, 0.3) is 0 Å². The summed E-state index contributed by atoms with van der Waals surface area (Å²) >= 11 is 5.78. The molecule has 0 amide bonds. The van der Waals surface area contributed by atoms with Crippen LogP contribution in [0.15, 0.2) is 35.1 Å². The van der Waals surface area contributed by atoms with E-state index in [1.165, 1.54) is 0 Å². The molecule has 0 radical (unpaired) electrons. The number of furan rings is 1. The molecule has 0 aliphatic rings. The minimum atomic E-state index is 0.178. The van der Waals surface area contributed by atoms with Crippen molar-refractivity contribution in [3.05, 3.63) is 41.4 Å². The van der Waals surface area contributed by atoms with Crippen LogP contribution in [-0.2, 0) is 6.42 Å². The number of aromatic nitrogens is 1. The van der Waals surface area contributed by atoms with Gasteiger partial charge in [-0.25, -0.2) is 4.98 Å². The van der Waals surface area contributed by atoms with E-state index in [0.717, 1.165) is 12.2 Å². The lowest BCUT2D eigenvalue weighted by molar-refractivity contribution is 0.497. The monoisotopic (exact) mass is 251 g/mol. The number of hydrogen-bond donors (Lipinski definition) is 2. The molecule has 0 fully saturated rings. The van der Waals surface area contributed by atoms with Crippen LogP contribution < -0.4 is 11.1 Å². The fourth-order valence-electron chi connectivity index (χ4n) is 1.59. The molecule has 90 valence electrons. The van der Waals surface area contributed by atoms with Crippen LogP contribution in [0.5, 0.6) is 0 Å². The Morgan fingerprint density at radius 2 is 2.41 bits per heavy atom. The molecule has 0 spiro atoms. The van der Waals surface area contributed by atoms with Crippen molar-refractivity contribution in [2.75, 3.05) is 11.1 Å². The highest BCUT2D eigenvalue weighted by Gasteiger charge is 2.08. The predicted octanol–water partition coefficient (Wildman–Crippen LogP) is 2.95. The van der Waals surface area contributed by atoms with Crippen molar-refractivity contribution in [3.63, 3.8) is 0 Å². The maximum atomic E-state index is 5.81. The van der Waals surface area contributed by atoms with Crippen LogP contribution in [0.25, 0.3) is 0 Å². The molecule has 2 heterocycles. The number of nitrogens with two attached hydrogens (primary N) is 1. The van der Waals surface area contributed by atoms with Crippen molar-refractivity contribution in [3.8, 4) is 0 Å². The van der Waals surface area contributed by atoms with Gasteiger partial charge in [0, 0.05) is 18.7 Å². The minimum absolute atomic E-state index is 0.178. The Morgan fingerprint density at radius 3 is 3.06 bits per heavy atom. The summed E-state index contributed by atoms with van der Waals surface area (Å²) in [5, 5.41) is 3.75. The smallest absolute Gasteiger partial charge is 0.149 e. The normalized spacial score (nSPS) is 12.4. The van der Waals surface area contributed by atoms with Gasteiger partial charge in [0.2, 0.25) is 0 Å².